The average Bonchev–Trinajstić information content (AvgIpc) is 2.42. The standard InChI is InChI=1S/C14H16ClFN2O3/c15-10-7-8(16)5-6-12(10)18-14(21)17-11-4-2-1-3-9(11)13(19)20/h5-7,9,11H,1-4H2,(H,19,20)(H2,17,18,21). The SMILES string of the molecule is O=C(Nc1ccc(F)cc1Cl)NC1CCCCC1C(=O)O. The van der Waals surface area contributed by atoms with Crippen molar-refractivity contribution >= 4 is 29.3 Å². The number of carbonyl (C=O) groups is 2. The molecule has 1 aromatic carbocycles. The van der Waals surface area contributed by atoms with Crippen molar-refractivity contribution in [1.29, 1.82) is 0 Å². The predicted octanol–water partition coefficient (Wildman–Crippen LogP) is 3.24. The van der Waals surface area contributed by atoms with E-state index in [1.165, 1.54) is 12.1 Å². The van der Waals surface area contributed by atoms with Gasteiger partial charge in [0.1, 0.15) is 5.82 Å². The van der Waals surface area contributed by atoms with Crippen LogP contribution in [-0.4, -0.2) is 23.1 Å². The van der Waals surface area contributed by atoms with Crippen molar-refractivity contribution in [2.45, 2.75) is 31.7 Å². The van der Waals surface area contributed by atoms with E-state index in [4.69, 9.17) is 16.7 Å². The smallest absolute Gasteiger partial charge is 0.319 e. The molecule has 0 spiro atoms. The lowest BCUT2D eigenvalue weighted by Crippen LogP contribution is -2.46. The van der Waals surface area contributed by atoms with Crippen molar-refractivity contribution in [2.75, 3.05) is 5.32 Å². The van der Waals surface area contributed by atoms with Gasteiger partial charge in [-0.25, -0.2) is 9.18 Å². The predicted molar refractivity (Wildman–Crippen MR) is 76.9 cm³/mol. The molecule has 3 N–H and O–H groups in total. The zero-order valence-electron chi connectivity index (χ0n) is 11.2. The Kier molecular flexibility index (Phi) is 5.01. The van der Waals surface area contributed by atoms with Gasteiger partial charge in [-0.2, -0.15) is 0 Å². The zero-order valence-corrected chi connectivity index (χ0v) is 12.0. The Bertz CT molecular complexity index is 553. The lowest BCUT2D eigenvalue weighted by Gasteiger charge is -2.29. The third kappa shape index (κ3) is 4.07. The van der Waals surface area contributed by atoms with E-state index in [2.05, 4.69) is 10.6 Å². The maximum absolute atomic E-state index is 12.9. The molecule has 0 aromatic heterocycles. The van der Waals surface area contributed by atoms with Gasteiger partial charge in [0, 0.05) is 6.04 Å². The number of benzene rings is 1. The van der Waals surface area contributed by atoms with Gasteiger partial charge in [0.15, 0.2) is 0 Å². The van der Waals surface area contributed by atoms with Crippen LogP contribution in [0.4, 0.5) is 14.9 Å². The largest absolute Gasteiger partial charge is 0.481 e. The Morgan fingerprint density at radius 2 is 2.00 bits per heavy atom. The fourth-order valence-electron chi connectivity index (χ4n) is 2.52. The minimum Gasteiger partial charge on any atom is -0.481 e. The molecule has 5 nitrogen and oxygen atoms in total. The van der Waals surface area contributed by atoms with Crippen LogP contribution in [0.3, 0.4) is 0 Å². The summed E-state index contributed by atoms with van der Waals surface area (Å²) in [7, 11) is 0. The van der Waals surface area contributed by atoms with E-state index < -0.39 is 29.8 Å². The van der Waals surface area contributed by atoms with Crippen molar-refractivity contribution in [3.05, 3.63) is 29.0 Å². The number of halogens is 2. The summed E-state index contributed by atoms with van der Waals surface area (Å²) in [6.07, 6.45) is 2.91. The highest BCUT2D eigenvalue weighted by Gasteiger charge is 2.31. The van der Waals surface area contributed by atoms with Crippen molar-refractivity contribution in [3.8, 4) is 0 Å². The van der Waals surface area contributed by atoms with Crippen LogP contribution in [0.5, 0.6) is 0 Å². The van der Waals surface area contributed by atoms with Gasteiger partial charge < -0.3 is 15.7 Å². The van der Waals surface area contributed by atoms with Gasteiger partial charge in [-0.05, 0) is 31.0 Å². The Labute approximate surface area is 126 Å². The number of carbonyl (C=O) groups excluding carboxylic acids is 1. The fraction of sp³-hybridized carbons (Fsp3) is 0.429. The molecule has 0 saturated heterocycles. The topological polar surface area (TPSA) is 78.4 Å². The van der Waals surface area contributed by atoms with Crippen LogP contribution in [0.1, 0.15) is 25.7 Å². The van der Waals surface area contributed by atoms with Gasteiger partial charge >= 0.3 is 12.0 Å². The average molecular weight is 315 g/mol. The maximum atomic E-state index is 12.9. The van der Waals surface area contributed by atoms with Crippen LogP contribution < -0.4 is 10.6 Å². The normalized spacial score (nSPS) is 21.6. The van der Waals surface area contributed by atoms with E-state index in [0.29, 0.717) is 12.8 Å². The summed E-state index contributed by atoms with van der Waals surface area (Å²) >= 11 is 5.82. The van der Waals surface area contributed by atoms with Crippen molar-refractivity contribution in [3.63, 3.8) is 0 Å². The van der Waals surface area contributed by atoms with Crippen LogP contribution in [0.25, 0.3) is 0 Å². The second-order valence-corrected chi connectivity index (χ2v) is 5.47. The lowest BCUT2D eigenvalue weighted by atomic mass is 9.84. The van der Waals surface area contributed by atoms with Gasteiger partial charge in [-0.15, -0.1) is 0 Å². The molecule has 2 rings (SSSR count). The van der Waals surface area contributed by atoms with E-state index in [-0.39, 0.29) is 10.7 Å². The molecular formula is C14H16ClFN2O3. The molecule has 1 aromatic rings. The number of anilines is 1. The Morgan fingerprint density at radius 3 is 2.67 bits per heavy atom. The molecule has 2 unspecified atom stereocenters. The van der Waals surface area contributed by atoms with E-state index in [1.54, 1.807) is 0 Å². The number of carboxylic acid groups (broad SMARTS) is 1. The highest BCUT2D eigenvalue weighted by molar-refractivity contribution is 6.33. The van der Waals surface area contributed by atoms with E-state index in [9.17, 15) is 14.0 Å². The summed E-state index contributed by atoms with van der Waals surface area (Å²) in [5, 5.41) is 14.4. The highest BCUT2D eigenvalue weighted by atomic mass is 35.5. The van der Waals surface area contributed by atoms with Gasteiger partial charge in [0.2, 0.25) is 0 Å². The van der Waals surface area contributed by atoms with Crippen LogP contribution in [0, 0.1) is 11.7 Å². The van der Waals surface area contributed by atoms with Crippen molar-refractivity contribution in [1.82, 2.24) is 5.32 Å². The van der Waals surface area contributed by atoms with Crippen LogP contribution in [0.2, 0.25) is 5.02 Å². The molecule has 2 amide bonds. The number of hydrogen-bond acceptors (Lipinski definition) is 2. The second kappa shape index (κ2) is 6.76. The first-order chi connectivity index (χ1) is 9.97. The van der Waals surface area contributed by atoms with Crippen LogP contribution in [-0.2, 0) is 4.79 Å². The summed E-state index contributed by atoms with van der Waals surface area (Å²) in [5.41, 5.74) is 0.276. The second-order valence-electron chi connectivity index (χ2n) is 5.06. The number of amides is 2. The van der Waals surface area contributed by atoms with Crippen LogP contribution in [0.15, 0.2) is 18.2 Å². The number of urea groups is 1. The van der Waals surface area contributed by atoms with Gasteiger partial charge in [0.25, 0.3) is 0 Å². The summed E-state index contributed by atoms with van der Waals surface area (Å²) in [5.74, 6) is -1.97. The molecule has 1 aliphatic carbocycles. The van der Waals surface area contributed by atoms with Gasteiger partial charge in [0.05, 0.1) is 16.6 Å². The number of nitrogens with one attached hydrogen (secondary N) is 2. The van der Waals surface area contributed by atoms with Crippen molar-refractivity contribution < 1.29 is 19.1 Å². The quantitative estimate of drug-likeness (QED) is 0.801. The summed E-state index contributed by atoms with van der Waals surface area (Å²) in [4.78, 5) is 23.1. The zero-order chi connectivity index (χ0) is 15.4. The van der Waals surface area contributed by atoms with Gasteiger partial charge in [-0.1, -0.05) is 24.4 Å². The first kappa shape index (κ1) is 15.6. The van der Waals surface area contributed by atoms with Crippen molar-refractivity contribution in [2.24, 2.45) is 5.92 Å². The molecule has 1 fully saturated rings. The summed E-state index contributed by atoms with van der Waals surface area (Å²) in [6, 6.07) is 2.68. The first-order valence-electron chi connectivity index (χ1n) is 6.73. The highest BCUT2D eigenvalue weighted by Crippen LogP contribution is 2.25. The number of hydrogen-bond donors (Lipinski definition) is 3. The number of rotatable bonds is 3. The van der Waals surface area contributed by atoms with Crippen LogP contribution >= 0.6 is 11.6 Å². The molecule has 114 valence electrons. The molecule has 1 aliphatic rings. The number of aliphatic carboxylic acids is 1. The van der Waals surface area contributed by atoms with E-state index >= 15 is 0 Å². The van der Waals surface area contributed by atoms with E-state index in [1.807, 2.05) is 0 Å². The lowest BCUT2D eigenvalue weighted by molar-refractivity contribution is -0.143. The van der Waals surface area contributed by atoms with E-state index in [0.717, 1.165) is 18.9 Å². The monoisotopic (exact) mass is 314 g/mol. The molecule has 0 heterocycles. The summed E-state index contributed by atoms with van der Waals surface area (Å²) < 4.78 is 12.9. The molecule has 21 heavy (non-hydrogen) atoms. The molecule has 7 heteroatoms. The molecule has 2 atom stereocenters. The Morgan fingerprint density at radius 1 is 1.29 bits per heavy atom. The summed E-state index contributed by atoms with van der Waals surface area (Å²) in [6.45, 7) is 0. The molecule has 0 radical (unpaired) electrons. The third-order valence-electron chi connectivity index (χ3n) is 3.58. The molecular weight excluding hydrogens is 299 g/mol. The third-order valence-corrected chi connectivity index (χ3v) is 3.89. The maximum Gasteiger partial charge on any atom is 0.319 e. The Hall–Kier alpha value is -1.82. The molecule has 0 aliphatic heterocycles. The minimum absolute atomic E-state index is 0.0866. The van der Waals surface area contributed by atoms with Gasteiger partial charge in [-0.3, -0.25) is 4.79 Å². The Balaban J connectivity index is 1.98. The fourth-order valence-corrected chi connectivity index (χ4v) is 2.73. The first-order valence-corrected chi connectivity index (χ1v) is 7.10. The minimum atomic E-state index is -0.903. The molecule has 1 saturated carbocycles. The molecule has 0 bridgehead atoms. The number of carboxylic acids is 1.